The van der Waals surface area contributed by atoms with Crippen LogP contribution < -0.4 is 0 Å². The van der Waals surface area contributed by atoms with Gasteiger partial charge in [0.05, 0.1) is 13.2 Å². The summed E-state index contributed by atoms with van der Waals surface area (Å²) in [5.41, 5.74) is 0. The number of rotatable bonds is 39. The molecule has 326 valence electrons. The molecular formula is C47H80NO8P. The Morgan fingerprint density at radius 2 is 1.00 bits per heavy atom. The summed E-state index contributed by atoms with van der Waals surface area (Å²) < 4.78 is 33.4. The van der Waals surface area contributed by atoms with Crippen LogP contribution >= 0.6 is 7.82 Å². The number of ether oxygens (including phenoxy) is 2. The molecule has 57 heavy (non-hydrogen) atoms. The minimum Gasteiger partial charge on any atom is -0.462 e. The maximum absolute atomic E-state index is 12.7. The van der Waals surface area contributed by atoms with E-state index in [0.29, 0.717) is 19.4 Å². The summed E-state index contributed by atoms with van der Waals surface area (Å²) in [5.74, 6) is -0.867. The predicted molar refractivity (Wildman–Crippen MR) is 238 cm³/mol. The van der Waals surface area contributed by atoms with Gasteiger partial charge in [0.25, 0.3) is 0 Å². The van der Waals surface area contributed by atoms with Crippen LogP contribution in [0, 0.1) is 0 Å². The normalized spacial score (nSPS) is 14.2. The lowest BCUT2D eigenvalue weighted by Crippen LogP contribution is -2.29. The van der Waals surface area contributed by atoms with Gasteiger partial charge in [0.15, 0.2) is 6.10 Å². The summed E-state index contributed by atoms with van der Waals surface area (Å²) in [6.45, 7) is 4.10. The van der Waals surface area contributed by atoms with Gasteiger partial charge in [-0.25, -0.2) is 4.57 Å². The van der Waals surface area contributed by atoms with Crippen molar-refractivity contribution < 1.29 is 37.6 Å². The van der Waals surface area contributed by atoms with Crippen LogP contribution in [0.1, 0.15) is 155 Å². The molecule has 0 rings (SSSR count). The standard InChI is InChI=1S/C47H80NO8P/c1-5-7-9-11-13-15-17-19-21-22-23-24-26-28-30-32-34-36-38-40-47(50)56-45(44-55-57(51,52)54-42-41-48(3)4)43-53-46(49)39-37-35-33-31-29-27-25-20-18-16-14-12-10-8-6-2/h8,10,13-16,19-21,23-25,28,30,45H,5-7,9,11-12,17-18,22,26-27,29,31-44H2,1-4H3,(H,51,52)/b10-8-,15-13-,16-14-,21-19-,24-23-,25-20-,30-28-. The van der Waals surface area contributed by atoms with Gasteiger partial charge >= 0.3 is 19.8 Å². The van der Waals surface area contributed by atoms with E-state index < -0.39 is 32.5 Å². The molecule has 2 unspecified atom stereocenters. The van der Waals surface area contributed by atoms with Crippen molar-refractivity contribution in [2.45, 2.75) is 161 Å². The average molecular weight is 818 g/mol. The van der Waals surface area contributed by atoms with E-state index >= 15 is 0 Å². The Bertz CT molecular complexity index is 1220. The number of carbonyl (C=O) groups is 2. The Hall–Kier alpha value is -2.81. The first-order valence-electron chi connectivity index (χ1n) is 21.9. The van der Waals surface area contributed by atoms with Gasteiger partial charge in [-0.3, -0.25) is 18.6 Å². The molecule has 0 saturated carbocycles. The quantitative estimate of drug-likeness (QED) is 0.0280. The summed E-state index contributed by atoms with van der Waals surface area (Å²) in [5, 5.41) is 0. The number of hydrogen-bond acceptors (Lipinski definition) is 8. The van der Waals surface area contributed by atoms with E-state index in [1.54, 1.807) is 4.90 Å². The number of allylic oxidation sites excluding steroid dienone is 14. The largest absolute Gasteiger partial charge is 0.472 e. The molecule has 0 amide bonds. The van der Waals surface area contributed by atoms with E-state index in [4.69, 9.17) is 18.5 Å². The van der Waals surface area contributed by atoms with Crippen molar-refractivity contribution in [3.8, 4) is 0 Å². The highest BCUT2D eigenvalue weighted by atomic mass is 31.2. The first-order chi connectivity index (χ1) is 27.7. The van der Waals surface area contributed by atoms with Gasteiger partial charge in [0.1, 0.15) is 6.61 Å². The number of carbonyl (C=O) groups excluding carboxylic acids is 2. The van der Waals surface area contributed by atoms with Crippen molar-refractivity contribution in [3.63, 3.8) is 0 Å². The molecule has 0 aliphatic rings. The van der Waals surface area contributed by atoms with E-state index in [0.717, 1.165) is 89.9 Å². The van der Waals surface area contributed by atoms with Gasteiger partial charge in [0.2, 0.25) is 0 Å². The second-order valence-corrected chi connectivity index (χ2v) is 15.9. The third kappa shape index (κ3) is 42.6. The zero-order valence-corrected chi connectivity index (χ0v) is 37.1. The van der Waals surface area contributed by atoms with Crippen LogP contribution in [-0.2, 0) is 32.7 Å². The van der Waals surface area contributed by atoms with Crippen LogP contribution in [0.4, 0.5) is 0 Å². The summed E-state index contributed by atoms with van der Waals surface area (Å²) in [4.78, 5) is 37.0. The van der Waals surface area contributed by atoms with E-state index in [1.807, 2.05) is 14.1 Å². The molecule has 0 fully saturated rings. The molecule has 0 spiro atoms. The fourth-order valence-corrected chi connectivity index (χ4v) is 6.07. The number of phosphoric ester groups is 1. The second kappa shape index (κ2) is 41.4. The van der Waals surface area contributed by atoms with E-state index in [2.05, 4.69) is 98.9 Å². The molecule has 0 aliphatic carbocycles. The molecule has 0 aromatic heterocycles. The summed E-state index contributed by atoms with van der Waals surface area (Å²) in [7, 11) is -0.750. The number of phosphoric acid groups is 1. The topological polar surface area (TPSA) is 112 Å². The molecule has 0 saturated heterocycles. The van der Waals surface area contributed by atoms with Crippen molar-refractivity contribution in [2.75, 3.05) is 40.5 Å². The fourth-order valence-electron chi connectivity index (χ4n) is 5.33. The van der Waals surface area contributed by atoms with Crippen LogP contribution in [0.15, 0.2) is 85.1 Å². The fraction of sp³-hybridized carbons (Fsp3) is 0.660. The first kappa shape index (κ1) is 54.2. The minimum absolute atomic E-state index is 0.00694. The van der Waals surface area contributed by atoms with Crippen LogP contribution in [0.3, 0.4) is 0 Å². The van der Waals surface area contributed by atoms with E-state index in [1.165, 1.54) is 25.7 Å². The van der Waals surface area contributed by atoms with Crippen LogP contribution in [-0.4, -0.2) is 68.3 Å². The monoisotopic (exact) mass is 818 g/mol. The van der Waals surface area contributed by atoms with E-state index in [9.17, 15) is 19.0 Å². The molecule has 0 bridgehead atoms. The molecule has 0 radical (unpaired) electrons. The van der Waals surface area contributed by atoms with Gasteiger partial charge in [-0.05, 0) is 104 Å². The molecule has 10 heteroatoms. The van der Waals surface area contributed by atoms with Gasteiger partial charge in [-0.15, -0.1) is 0 Å². The van der Waals surface area contributed by atoms with Crippen molar-refractivity contribution in [1.82, 2.24) is 4.90 Å². The van der Waals surface area contributed by atoms with Crippen molar-refractivity contribution in [1.29, 1.82) is 0 Å². The summed E-state index contributed by atoms with van der Waals surface area (Å²) in [6.07, 6.45) is 50.5. The number of esters is 2. The lowest BCUT2D eigenvalue weighted by molar-refractivity contribution is -0.161. The van der Waals surface area contributed by atoms with E-state index in [-0.39, 0.29) is 26.1 Å². The molecule has 0 heterocycles. The molecular weight excluding hydrogens is 737 g/mol. The van der Waals surface area contributed by atoms with Crippen molar-refractivity contribution in [2.24, 2.45) is 0 Å². The molecule has 0 aromatic carbocycles. The zero-order chi connectivity index (χ0) is 41.9. The smallest absolute Gasteiger partial charge is 0.462 e. The number of hydrogen-bond donors (Lipinski definition) is 1. The van der Waals surface area contributed by atoms with Gasteiger partial charge in [-0.1, -0.05) is 137 Å². The maximum atomic E-state index is 12.7. The maximum Gasteiger partial charge on any atom is 0.472 e. The highest BCUT2D eigenvalue weighted by Crippen LogP contribution is 2.43. The molecule has 9 nitrogen and oxygen atoms in total. The number of likely N-dealkylation sites (N-methyl/N-ethyl adjacent to an activating group) is 1. The van der Waals surface area contributed by atoms with Crippen molar-refractivity contribution >= 4 is 19.8 Å². The number of nitrogens with zero attached hydrogens (tertiary/aromatic N) is 1. The molecule has 2 atom stereocenters. The van der Waals surface area contributed by atoms with Gasteiger partial charge in [-0.2, -0.15) is 0 Å². The Labute approximate surface area is 348 Å². The summed E-state index contributed by atoms with van der Waals surface area (Å²) >= 11 is 0. The third-order valence-electron chi connectivity index (χ3n) is 8.69. The number of unbranched alkanes of at least 4 members (excludes halogenated alkanes) is 11. The summed E-state index contributed by atoms with van der Waals surface area (Å²) in [6, 6.07) is 0. The first-order valence-corrected chi connectivity index (χ1v) is 23.4. The lowest BCUT2D eigenvalue weighted by Gasteiger charge is -2.20. The SMILES string of the molecule is CC/C=C\C/C=C\C/C=C\CCCCCCCC(=O)OCC(COP(=O)(O)OCCN(C)C)OC(=O)CCCCC/C=C\C/C=C\C/C=C\C/C=C\CCCCC. The Morgan fingerprint density at radius 1 is 0.561 bits per heavy atom. The Balaban J connectivity index is 4.40. The van der Waals surface area contributed by atoms with Crippen LogP contribution in [0.2, 0.25) is 0 Å². The predicted octanol–water partition coefficient (Wildman–Crippen LogP) is 12.7. The Kier molecular flexibility index (Phi) is 39.3. The zero-order valence-electron chi connectivity index (χ0n) is 36.2. The average Bonchev–Trinajstić information content (AvgIpc) is 3.18. The van der Waals surface area contributed by atoms with Gasteiger partial charge < -0.3 is 19.3 Å². The highest BCUT2D eigenvalue weighted by molar-refractivity contribution is 7.47. The van der Waals surface area contributed by atoms with Crippen LogP contribution in [0.25, 0.3) is 0 Å². The minimum atomic E-state index is -4.38. The second-order valence-electron chi connectivity index (χ2n) is 14.5. The Morgan fingerprint density at radius 3 is 1.51 bits per heavy atom. The van der Waals surface area contributed by atoms with Crippen LogP contribution in [0.5, 0.6) is 0 Å². The molecule has 0 aromatic rings. The van der Waals surface area contributed by atoms with Crippen molar-refractivity contribution in [3.05, 3.63) is 85.1 Å². The lowest BCUT2D eigenvalue weighted by atomic mass is 10.1. The van der Waals surface area contributed by atoms with Gasteiger partial charge in [0, 0.05) is 19.4 Å². The third-order valence-corrected chi connectivity index (χ3v) is 9.67. The molecule has 0 aliphatic heterocycles. The highest BCUT2D eigenvalue weighted by Gasteiger charge is 2.26. The molecule has 1 N–H and O–H groups in total.